The molecule has 1 aliphatic carbocycles. The first-order valence-corrected chi connectivity index (χ1v) is 13.6. The van der Waals surface area contributed by atoms with Gasteiger partial charge < -0.3 is 9.47 Å². The summed E-state index contributed by atoms with van der Waals surface area (Å²) < 4.78 is 80.3. The summed E-state index contributed by atoms with van der Waals surface area (Å²) in [5.41, 5.74) is 0.719. The molecule has 196 valence electrons. The van der Waals surface area contributed by atoms with Crippen LogP contribution < -0.4 is 9.46 Å². The Morgan fingerprint density at radius 1 is 0.946 bits per heavy atom. The fraction of sp³-hybridized carbons (Fsp3) is 0.296. The van der Waals surface area contributed by atoms with Crippen molar-refractivity contribution in [1.82, 2.24) is 4.72 Å². The number of halogens is 3. The molecule has 0 radical (unpaired) electrons. The Balaban J connectivity index is 1.50. The van der Waals surface area contributed by atoms with Crippen molar-refractivity contribution in [3.8, 4) is 16.9 Å². The smallest absolute Gasteiger partial charge is 0.309 e. The fourth-order valence-corrected chi connectivity index (χ4v) is 5.21. The molecule has 1 saturated carbocycles. The van der Waals surface area contributed by atoms with Crippen LogP contribution in [0.2, 0.25) is 0 Å². The van der Waals surface area contributed by atoms with Crippen molar-refractivity contribution in [3.05, 3.63) is 89.2 Å². The summed E-state index contributed by atoms with van der Waals surface area (Å²) in [5.74, 6) is -3.62. The molecule has 6 nitrogen and oxygen atoms in total. The molecule has 0 spiro atoms. The van der Waals surface area contributed by atoms with Crippen LogP contribution in [0.4, 0.5) is 13.2 Å². The topological polar surface area (TPSA) is 81.7 Å². The number of hydrogen-bond acceptors (Lipinski definition) is 5. The third kappa shape index (κ3) is 6.90. The molecular weight excluding hydrogens is 507 g/mol. The highest BCUT2D eigenvalue weighted by Crippen LogP contribution is 2.36. The number of ether oxygens (including phenoxy) is 2. The molecule has 0 bridgehead atoms. The zero-order valence-corrected chi connectivity index (χ0v) is 20.9. The summed E-state index contributed by atoms with van der Waals surface area (Å²) in [6.45, 7) is -0.424. The molecule has 10 heteroatoms. The molecule has 3 aromatic rings. The van der Waals surface area contributed by atoms with Gasteiger partial charge in [0.1, 0.15) is 24.8 Å². The molecule has 1 fully saturated rings. The van der Waals surface area contributed by atoms with E-state index >= 15 is 0 Å². The van der Waals surface area contributed by atoms with Gasteiger partial charge in [0.15, 0.2) is 11.6 Å². The normalized spacial score (nSPS) is 17.5. The maximum Gasteiger partial charge on any atom is 0.309 e. The van der Waals surface area contributed by atoms with Gasteiger partial charge in [0.2, 0.25) is 10.0 Å². The molecule has 0 heterocycles. The molecule has 2 atom stereocenters. The van der Waals surface area contributed by atoms with E-state index in [0.717, 1.165) is 30.0 Å². The predicted molar refractivity (Wildman–Crippen MR) is 131 cm³/mol. The Bertz CT molecular complexity index is 1380. The van der Waals surface area contributed by atoms with Crippen LogP contribution in [0.5, 0.6) is 5.75 Å². The quantitative estimate of drug-likeness (QED) is 0.387. The van der Waals surface area contributed by atoms with Crippen molar-refractivity contribution in [2.24, 2.45) is 5.92 Å². The third-order valence-corrected chi connectivity index (χ3v) is 6.90. The van der Waals surface area contributed by atoms with E-state index in [1.54, 1.807) is 24.3 Å². The Kier molecular flexibility index (Phi) is 8.19. The molecule has 0 amide bonds. The molecule has 37 heavy (non-hydrogen) atoms. The molecule has 0 saturated heterocycles. The Morgan fingerprint density at radius 2 is 1.65 bits per heavy atom. The predicted octanol–water partition coefficient (Wildman–Crippen LogP) is 5.11. The van der Waals surface area contributed by atoms with E-state index in [9.17, 15) is 26.4 Å². The minimum Gasteiger partial charge on any atom is -0.485 e. The number of hydrogen-bond donors (Lipinski definition) is 1. The number of sulfonamides is 1. The Labute approximate surface area is 213 Å². The van der Waals surface area contributed by atoms with Gasteiger partial charge in [0.05, 0.1) is 17.7 Å². The summed E-state index contributed by atoms with van der Waals surface area (Å²) in [4.78, 5) is 12.5. The minimum absolute atomic E-state index is 0.00352. The van der Waals surface area contributed by atoms with Crippen LogP contribution >= 0.6 is 0 Å². The van der Waals surface area contributed by atoms with Crippen molar-refractivity contribution in [3.63, 3.8) is 0 Å². The van der Waals surface area contributed by atoms with Gasteiger partial charge in [-0.25, -0.2) is 26.3 Å². The van der Waals surface area contributed by atoms with Gasteiger partial charge in [-0.2, -0.15) is 0 Å². The molecule has 0 aliphatic heterocycles. The maximum atomic E-state index is 14.9. The average molecular weight is 534 g/mol. The van der Waals surface area contributed by atoms with Gasteiger partial charge in [-0.05, 0) is 54.7 Å². The lowest BCUT2D eigenvalue weighted by atomic mass is 10.0. The molecule has 0 aromatic heterocycles. The van der Waals surface area contributed by atoms with Gasteiger partial charge >= 0.3 is 5.97 Å². The summed E-state index contributed by atoms with van der Waals surface area (Å²) in [7, 11) is -3.40. The average Bonchev–Trinajstić information content (AvgIpc) is 3.31. The van der Waals surface area contributed by atoms with Crippen molar-refractivity contribution in [2.45, 2.75) is 38.5 Å². The minimum atomic E-state index is -3.40. The lowest BCUT2D eigenvalue weighted by molar-refractivity contribution is -0.149. The van der Waals surface area contributed by atoms with E-state index in [4.69, 9.17) is 9.47 Å². The lowest BCUT2D eigenvalue weighted by Crippen LogP contribution is -2.32. The van der Waals surface area contributed by atoms with Gasteiger partial charge in [-0.15, -0.1) is 0 Å². The summed E-state index contributed by atoms with van der Waals surface area (Å²) in [5, 5.41) is 0. The van der Waals surface area contributed by atoms with E-state index in [0.29, 0.717) is 12.8 Å². The fourth-order valence-electron chi connectivity index (χ4n) is 4.39. The zero-order chi connectivity index (χ0) is 26.6. The summed E-state index contributed by atoms with van der Waals surface area (Å²) in [6, 6.07) is 14.2. The molecule has 1 N–H and O–H groups in total. The number of esters is 1. The van der Waals surface area contributed by atoms with E-state index in [1.807, 2.05) is 6.07 Å². The first-order chi connectivity index (χ1) is 17.6. The molecular formula is C27H26F3NO5S. The van der Waals surface area contributed by atoms with E-state index in [1.165, 1.54) is 12.1 Å². The highest BCUT2D eigenvalue weighted by Gasteiger charge is 2.32. The van der Waals surface area contributed by atoms with Crippen LogP contribution in [0.3, 0.4) is 0 Å². The van der Waals surface area contributed by atoms with Gasteiger partial charge in [0, 0.05) is 11.6 Å². The SMILES string of the molecule is CS(=O)(=O)NC1CCC(C(=O)OCc2cc(-c3c(F)ccc(F)c3OCc3ccccc3)ccc2F)C1. The number of benzene rings is 3. The second kappa shape index (κ2) is 11.4. The van der Waals surface area contributed by atoms with E-state index in [-0.39, 0.29) is 41.5 Å². The molecule has 2 unspecified atom stereocenters. The highest BCUT2D eigenvalue weighted by molar-refractivity contribution is 7.88. The monoisotopic (exact) mass is 533 g/mol. The van der Waals surface area contributed by atoms with Crippen molar-refractivity contribution >= 4 is 16.0 Å². The second-order valence-electron chi connectivity index (χ2n) is 9.02. The van der Waals surface area contributed by atoms with E-state index < -0.39 is 46.0 Å². The standard InChI is InChI=1S/C27H26F3NO5S/c1-37(33,34)31-21-9-7-19(14-21)27(32)36-16-20-13-18(8-10-22(20)28)25-23(29)11-12-24(30)26(25)35-15-17-5-3-2-4-6-17/h2-6,8,10-13,19,21,31H,7,9,14-16H2,1H3. The van der Waals surface area contributed by atoms with Crippen LogP contribution in [0.15, 0.2) is 60.7 Å². The maximum absolute atomic E-state index is 14.9. The number of carbonyl (C=O) groups excluding carboxylic acids is 1. The van der Waals surface area contributed by atoms with Gasteiger partial charge in [-0.3, -0.25) is 4.79 Å². The van der Waals surface area contributed by atoms with Crippen LogP contribution in [0.25, 0.3) is 11.1 Å². The van der Waals surface area contributed by atoms with Gasteiger partial charge in [0.25, 0.3) is 0 Å². The third-order valence-electron chi connectivity index (χ3n) is 6.14. The largest absolute Gasteiger partial charge is 0.485 e. The molecule has 3 aromatic carbocycles. The second-order valence-corrected chi connectivity index (χ2v) is 10.8. The molecule has 4 rings (SSSR count). The number of nitrogens with one attached hydrogen (secondary N) is 1. The van der Waals surface area contributed by atoms with Crippen molar-refractivity contribution in [2.75, 3.05) is 6.26 Å². The number of carbonyl (C=O) groups is 1. The van der Waals surface area contributed by atoms with Crippen molar-refractivity contribution < 1.29 is 35.9 Å². The molecule has 1 aliphatic rings. The van der Waals surface area contributed by atoms with Crippen LogP contribution in [0, 0.1) is 23.4 Å². The summed E-state index contributed by atoms with van der Waals surface area (Å²) in [6.07, 6.45) is 2.26. The highest BCUT2D eigenvalue weighted by atomic mass is 32.2. The van der Waals surface area contributed by atoms with Gasteiger partial charge in [-0.1, -0.05) is 36.4 Å². The zero-order valence-electron chi connectivity index (χ0n) is 20.0. The Morgan fingerprint density at radius 3 is 2.38 bits per heavy atom. The van der Waals surface area contributed by atoms with E-state index in [2.05, 4.69) is 4.72 Å². The first-order valence-electron chi connectivity index (χ1n) is 11.7. The summed E-state index contributed by atoms with van der Waals surface area (Å²) >= 11 is 0. The van der Waals surface area contributed by atoms with Crippen LogP contribution in [-0.4, -0.2) is 26.7 Å². The first kappa shape index (κ1) is 26.7. The van der Waals surface area contributed by atoms with Crippen LogP contribution in [-0.2, 0) is 32.8 Å². The lowest BCUT2D eigenvalue weighted by Gasteiger charge is -2.15. The van der Waals surface area contributed by atoms with Crippen LogP contribution in [0.1, 0.15) is 30.4 Å². The Hall–Kier alpha value is -3.37. The number of rotatable bonds is 9. The van der Waals surface area contributed by atoms with Crippen molar-refractivity contribution in [1.29, 1.82) is 0 Å².